The fourth-order valence-corrected chi connectivity index (χ4v) is 4.45. The van der Waals surface area contributed by atoms with Gasteiger partial charge in [-0.05, 0) is 47.7 Å². The molecule has 0 aliphatic carbocycles. The van der Waals surface area contributed by atoms with Crippen molar-refractivity contribution >= 4 is 23.4 Å². The maximum absolute atomic E-state index is 13.3. The fraction of sp³-hybridized carbons (Fsp3) is 0.192. The molecule has 0 fully saturated rings. The van der Waals surface area contributed by atoms with E-state index < -0.39 is 0 Å². The second kappa shape index (κ2) is 7.51. The number of nitrogens with zero attached hydrogens (tertiary/aromatic N) is 2. The molecule has 0 aromatic heterocycles. The van der Waals surface area contributed by atoms with Crippen LogP contribution in [0.25, 0.3) is 0 Å². The lowest BCUT2D eigenvalue weighted by Crippen LogP contribution is -2.36. The molecule has 1 unspecified atom stereocenters. The van der Waals surface area contributed by atoms with Gasteiger partial charge in [0.25, 0.3) is 17.7 Å². The Morgan fingerprint density at radius 2 is 1.61 bits per heavy atom. The highest BCUT2D eigenvalue weighted by Crippen LogP contribution is 2.36. The minimum atomic E-state index is -0.355. The largest absolute Gasteiger partial charge is 0.308 e. The molecule has 1 atom stereocenters. The van der Waals surface area contributed by atoms with E-state index in [9.17, 15) is 14.4 Å². The monoisotopic (exact) mass is 410 g/mol. The van der Waals surface area contributed by atoms with E-state index in [1.165, 1.54) is 4.90 Å². The average Bonchev–Trinajstić information content (AvgIpc) is 3.04. The van der Waals surface area contributed by atoms with Gasteiger partial charge in [0.2, 0.25) is 0 Å². The maximum atomic E-state index is 13.3. The summed E-state index contributed by atoms with van der Waals surface area (Å²) in [6.45, 7) is 3.01. The van der Waals surface area contributed by atoms with Gasteiger partial charge < -0.3 is 4.90 Å². The molecule has 2 heterocycles. The van der Waals surface area contributed by atoms with Gasteiger partial charge in [0.15, 0.2) is 0 Å². The second-order valence-electron chi connectivity index (χ2n) is 8.15. The van der Waals surface area contributed by atoms with Crippen molar-refractivity contribution in [1.82, 2.24) is 4.90 Å². The van der Waals surface area contributed by atoms with E-state index in [-0.39, 0.29) is 24.3 Å². The van der Waals surface area contributed by atoms with Gasteiger partial charge in [-0.2, -0.15) is 0 Å². The Balaban J connectivity index is 1.45. The van der Waals surface area contributed by atoms with Crippen LogP contribution in [0.1, 0.15) is 61.5 Å². The fourth-order valence-electron chi connectivity index (χ4n) is 4.45. The standard InChI is InChI=1S/C26H22N2O3/c1-17-13-14-27(23-10-6-5-9-20(17)23)24(29)19-11-12-21-22(15-19)26(31)28(25(21)30)16-18-7-3-2-4-8-18/h2-12,15,17H,13-14,16H2,1H3. The van der Waals surface area contributed by atoms with E-state index in [0.717, 1.165) is 23.2 Å². The SMILES string of the molecule is CC1CCN(C(=O)c2ccc3c(c2)C(=O)N(Cc2ccccc2)C3=O)c2ccccc21. The number of carbonyl (C=O) groups is 3. The first kappa shape index (κ1) is 19.2. The van der Waals surface area contributed by atoms with E-state index in [1.54, 1.807) is 23.1 Å². The molecular weight excluding hydrogens is 388 g/mol. The van der Waals surface area contributed by atoms with Crippen LogP contribution in [-0.4, -0.2) is 29.2 Å². The Bertz CT molecular complexity index is 1200. The smallest absolute Gasteiger partial charge is 0.261 e. The summed E-state index contributed by atoms with van der Waals surface area (Å²) in [4.78, 5) is 42.2. The predicted octanol–water partition coefficient (Wildman–Crippen LogP) is 4.64. The van der Waals surface area contributed by atoms with Crippen molar-refractivity contribution < 1.29 is 14.4 Å². The quantitative estimate of drug-likeness (QED) is 0.591. The zero-order valence-corrected chi connectivity index (χ0v) is 17.2. The summed E-state index contributed by atoms with van der Waals surface area (Å²) in [5.41, 5.74) is 4.03. The van der Waals surface area contributed by atoms with Gasteiger partial charge in [-0.25, -0.2) is 0 Å². The number of imide groups is 1. The Hall–Kier alpha value is -3.73. The summed E-state index contributed by atoms with van der Waals surface area (Å²) in [5, 5.41) is 0. The summed E-state index contributed by atoms with van der Waals surface area (Å²) in [5.74, 6) is -0.430. The summed E-state index contributed by atoms with van der Waals surface area (Å²) >= 11 is 0. The Kier molecular flexibility index (Phi) is 4.66. The summed E-state index contributed by atoms with van der Waals surface area (Å²) in [6, 6.07) is 22.2. The molecule has 5 rings (SSSR count). The van der Waals surface area contributed by atoms with Crippen molar-refractivity contribution in [3.05, 3.63) is 101 Å². The zero-order chi connectivity index (χ0) is 21.5. The first-order valence-corrected chi connectivity index (χ1v) is 10.5. The van der Waals surface area contributed by atoms with Crippen molar-refractivity contribution in [3.8, 4) is 0 Å². The van der Waals surface area contributed by atoms with Gasteiger partial charge >= 0.3 is 0 Å². The number of amides is 3. The van der Waals surface area contributed by atoms with Crippen LogP contribution >= 0.6 is 0 Å². The summed E-state index contributed by atoms with van der Waals surface area (Å²) in [7, 11) is 0. The number of para-hydroxylation sites is 1. The predicted molar refractivity (Wildman–Crippen MR) is 118 cm³/mol. The number of rotatable bonds is 3. The third-order valence-corrected chi connectivity index (χ3v) is 6.19. The van der Waals surface area contributed by atoms with E-state index in [0.29, 0.717) is 29.2 Å². The van der Waals surface area contributed by atoms with Crippen molar-refractivity contribution in [2.45, 2.75) is 25.8 Å². The number of hydrogen-bond donors (Lipinski definition) is 0. The molecule has 31 heavy (non-hydrogen) atoms. The van der Waals surface area contributed by atoms with Gasteiger partial charge in [-0.15, -0.1) is 0 Å². The van der Waals surface area contributed by atoms with Crippen LogP contribution in [0.4, 0.5) is 5.69 Å². The molecule has 0 N–H and O–H groups in total. The number of anilines is 1. The molecule has 5 heteroatoms. The van der Waals surface area contributed by atoms with Gasteiger partial charge in [0, 0.05) is 17.8 Å². The molecule has 0 radical (unpaired) electrons. The van der Waals surface area contributed by atoms with E-state index in [2.05, 4.69) is 13.0 Å². The van der Waals surface area contributed by atoms with E-state index >= 15 is 0 Å². The minimum Gasteiger partial charge on any atom is -0.308 e. The highest BCUT2D eigenvalue weighted by molar-refractivity contribution is 6.22. The number of fused-ring (bicyclic) bond motifs is 2. The molecule has 0 saturated carbocycles. The first-order valence-electron chi connectivity index (χ1n) is 10.5. The number of benzene rings is 3. The minimum absolute atomic E-state index is 0.149. The molecule has 3 amide bonds. The normalized spacial score (nSPS) is 17.5. The van der Waals surface area contributed by atoms with Crippen molar-refractivity contribution in [1.29, 1.82) is 0 Å². The van der Waals surface area contributed by atoms with Crippen LogP contribution in [-0.2, 0) is 6.54 Å². The van der Waals surface area contributed by atoms with Gasteiger partial charge in [0.1, 0.15) is 0 Å². The number of carbonyl (C=O) groups excluding carboxylic acids is 3. The number of hydrogen-bond acceptors (Lipinski definition) is 3. The lowest BCUT2D eigenvalue weighted by molar-refractivity contribution is 0.0642. The maximum Gasteiger partial charge on any atom is 0.261 e. The van der Waals surface area contributed by atoms with Gasteiger partial charge in [-0.1, -0.05) is 55.5 Å². The molecule has 2 aliphatic rings. The Morgan fingerprint density at radius 1 is 0.903 bits per heavy atom. The molecule has 3 aromatic carbocycles. The lowest BCUT2D eigenvalue weighted by Gasteiger charge is -2.33. The average molecular weight is 410 g/mol. The molecule has 0 saturated heterocycles. The molecule has 0 spiro atoms. The highest BCUT2D eigenvalue weighted by Gasteiger charge is 2.36. The zero-order valence-electron chi connectivity index (χ0n) is 17.2. The summed E-state index contributed by atoms with van der Waals surface area (Å²) < 4.78 is 0. The van der Waals surface area contributed by atoms with Crippen molar-refractivity contribution in [2.24, 2.45) is 0 Å². The van der Waals surface area contributed by atoms with Crippen molar-refractivity contribution in [2.75, 3.05) is 11.4 Å². The molecule has 3 aromatic rings. The van der Waals surface area contributed by atoms with E-state index in [4.69, 9.17) is 0 Å². The van der Waals surface area contributed by atoms with Gasteiger partial charge in [-0.3, -0.25) is 19.3 Å². The molecule has 2 aliphatic heterocycles. The third kappa shape index (κ3) is 3.22. The van der Waals surface area contributed by atoms with Crippen LogP contribution < -0.4 is 4.90 Å². The topological polar surface area (TPSA) is 57.7 Å². The Labute approximate surface area is 180 Å². The van der Waals surface area contributed by atoms with Crippen molar-refractivity contribution in [3.63, 3.8) is 0 Å². The van der Waals surface area contributed by atoms with Crippen LogP contribution in [0.15, 0.2) is 72.8 Å². The molecule has 154 valence electrons. The van der Waals surface area contributed by atoms with Crippen LogP contribution in [0.5, 0.6) is 0 Å². The van der Waals surface area contributed by atoms with Crippen LogP contribution in [0, 0.1) is 0 Å². The lowest BCUT2D eigenvalue weighted by atomic mass is 9.91. The third-order valence-electron chi connectivity index (χ3n) is 6.19. The molecule has 5 nitrogen and oxygen atoms in total. The van der Waals surface area contributed by atoms with E-state index in [1.807, 2.05) is 48.5 Å². The summed E-state index contributed by atoms with van der Waals surface area (Å²) in [6.07, 6.45) is 0.885. The van der Waals surface area contributed by atoms with Crippen LogP contribution in [0.2, 0.25) is 0 Å². The second-order valence-corrected chi connectivity index (χ2v) is 8.15. The van der Waals surface area contributed by atoms with Gasteiger partial charge in [0.05, 0.1) is 17.7 Å². The first-order chi connectivity index (χ1) is 15.0. The molecule has 0 bridgehead atoms. The molecular formula is C26H22N2O3. The Morgan fingerprint density at radius 3 is 2.42 bits per heavy atom. The highest BCUT2D eigenvalue weighted by atomic mass is 16.2. The van der Waals surface area contributed by atoms with Crippen LogP contribution in [0.3, 0.4) is 0 Å².